The smallest absolute Gasteiger partial charge is 0.136 e. The van der Waals surface area contributed by atoms with Gasteiger partial charge in [0, 0.05) is 12.3 Å². The molecule has 0 N–H and O–H groups in total. The topological polar surface area (TPSA) is 17.1 Å². The highest BCUT2D eigenvalue weighted by molar-refractivity contribution is 5.82. The summed E-state index contributed by atoms with van der Waals surface area (Å²) in [6.45, 7) is 18.9. The fourth-order valence-electron chi connectivity index (χ4n) is 8.16. The lowest BCUT2D eigenvalue weighted by Crippen LogP contribution is -2.57. The second-order valence-electron chi connectivity index (χ2n) is 12.4. The Balaban J connectivity index is 1.24. The molecule has 4 saturated carbocycles. The molecular formula is C27H44O. The fourth-order valence-corrected chi connectivity index (χ4v) is 8.16. The van der Waals surface area contributed by atoms with Crippen LogP contribution in [0.25, 0.3) is 0 Å². The summed E-state index contributed by atoms with van der Waals surface area (Å²) in [6, 6.07) is 0. The van der Waals surface area contributed by atoms with Crippen LogP contribution in [0, 0.1) is 64.6 Å². The molecule has 4 rings (SSSR count). The third-order valence-corrected chi connectivity index (χ3v) is 10.2. The number of allylic oxidation sites excluding steroid dienone is 1. The molecule has 0 saturated heterocycles. The lowest BCUT2D eigenvalue weighted by atomic mass is 9.42. The molecule has 0 spiro atoms. The Kier molecular flexibility index (Phi) is 5.37. The highest BCUT2D eigenvalue weighted by Crippen LogP contribution is 2.63. The van der Waals surface area contributed by atoms with E-state index in [0.29, 0.717) is 23.5 Å². The van der Waals surface area contributed by atoms with Crippen molar-refractivity contribution < 1.29 is 4.79 Å². The molecule has 4 fully saturated rings. The van der Waals surface area contributed by atoms with Crippen LogP contribution >= 0.6 is 0 Å². The van der Waals surface area contributed by atoms with Gasteiger partial charge in [-0.25, -0.2) is 0 Å². The van der Waals surface area contributed by atoms with Crippen LogP contribution in [-0.4, -0.2) is 5.78 Å². The summed E-state index contributed by atoms with van der Waals surface area (Å²) in [7, 11) is 0. The molecule has 0 aromatic rings. The second kappa shape index (κ2) is 7.28. The van der Waals surface area contributed by atoms with Crippen molar-refractivity contribution in [2.75, 3.05) is 0 Å². The third kappa shape index (κ3) is 3.33. The quantitative estimate of drug-likeness (QED) is 0.406. The highest BCUT2D eigenvalue weighted by atomic mass is 16.1. The molecule has 28 heavy (non-hydrogen) atoms. The first kappa shape index (κ1) is 20.7. The standard InChI is InChI=1S/C27H44O/c1-15(24-19(5)22-13-17(3)25(22)24)8-10-27(6,7)11-9-23(28)26-18(4)20-12-16(2)21(26)14-20/h16-22,24-26H,1,8-14H2,2-7H3. The summed E-state index contributed by atoms with van der Waals surface area (Å²) >= 11 is 0. The minimum absolute atomic E-state index is 0.253. The average Bonchev–Trinajstić information content (AvgIpc) is 3.15. The van der Waals surface area contributed by atoms with E-state index in [0.717, 1.165) is 60.7 Å². The number of hydrogen-bond donors (Lipinski definition) is 0. The number of fused-ring (bicyclic) bond motifs is 3. The summed E-state index contributed by atoms with van der Waals surface area (Å²) in [6.07, 6.45) is 8.34. The van der Waals surface area contributed by atoms with Crippen LogP contribution in [0.1, 0.15) is 86.5 Å². The molecule has 0 aromatic carbocycles. The maximum atomic E-state index is 13.1. The van der Waals surface area contributed by atoms with Crippen molar-refractivity contribution in [2.45, 2.75) is 86.5 Å². The monoisotopic (exact) mass is 384 g/mol. The van der Waals surface area contributed by atoms with E-state index in [2.05, 4.69) is 48.1 Å². The van der Waals surface area contributed by atoms with Crippen molar-refractivity contribution in [2.24, 2.45) is 64.6 Å². The number of hydrogen-bond acceptors (Lipinski definition) is 1. The van der Waals surface area contributed by atoms with Crippen LogP contribution in [0.5, 0.6) is 0 Å². The minimum atomic E-state index is 0.253. The molecule has 1 heteroatoms. The van der Waals surface area contributed by atoms with Crippen LogP contribution in [0.4, 0.5) is 0 Å². The fraction of sp³-hybridized carbons (Fsp3) is 0.889. The Morgan fingerprint density at radius 3 is 2.18 bits per heavy atom. The van der Waals surface area contributed by atoms with E-state index in [1.54, 1.807) is 0 Å². The molecule has 2 bridgehead atoms. The average molecular weight is 385 g/mol. The number of ketones is 1. The molecule has 0 aliphatic heterocycles. The van der Waals surface area contributed by atoms with Crippen molar-refractivity contribution in [3.8, 4) is 0 Å². The van der Waals surface area contributed by atoms with Crippen LogP contribution in [0.3, 0.4) is 0 Å². The lowest BCUT2D eigenvalue weighted by molar-refractivity contribution is -0.127. The summed E-state index contributed by atoms with van der Waals surface area (Å²) in [5.74, 6) is 8.36. The molecule has 0 heterocycles. The summed E-state index contributed by atoms with van der Waals surface area (Å²) in [5.41, 5.74) is 1.76. The van der Waals surface area contributed by atoms with Gasteiger partial charge in [0.05, 0.1) is 0 Å². The largest absolute Gasteiger partial charge is 0.299 e. The van der Waals surface area contributed by atoms with Gasteiger partial charge in [0.2, 0.25) is 0 Å². The van der Waals surface area contributed by atoms with Crippen molar-refractivity contribution in [3.63, 3.8) is 0 Å². The van der Waals surface area contributed by atoms with Crippen molar-refractivity contribution in [1.29, 1.82) is 0 Å². The molecule has 4 aliphatic carbocycles. The Morgan fingerprint density at radius 2 is 1.54 bits per heavy atom. The van der Waals surface area contributed by atoms with Crippen LogP contribution in [0.2, 0.25) is 0 Å². The van der Waals surface area contributed by atoms with Crippen LogP contribution in [0.15, 0.2) is 12.2 Å². The maximum Gasteiger partial charge on any atom is 0.136 e. The van der Waals surface area contributed by atoms with Gasteiger partial charge in [-0.3, -0.25) is 4.79 Å². The highest BCUT2D eigenvalue weighted by Gasteiger charge is 2.57. The molecule has 10 atom stereocenters. The normalized spacial score (nSPS) is 46.6. The first-order valence-electron chi connectivity index (χ1n) is 12.3. The van der Waals surface area contributed by atoms with Gasteiger partial charge >= 0.3 is 0 Å². The number of carbonyl (C=O) groups excluding carboxylic acids is 1. The zero-order valence-electron chi connectivity index (χ0n) is 19.3. The van der Waals surface area contributed by atoms with E-state index in [1.807, 2.05) is 0 Å². The second-order valence-corrected chi connectivity index (χ2v) is 12.4. The SMILES string of the molecule is C=C(CCC(C)(C)CCC(=O)C1C(C)C2CC(C)C1C2)C1C(C)C2CC(C)C21. The molecule has 1 nitrogen and oxygen atoms in total. The van der Waals surface area contributed by atoms with E-state index < -0.39 is 0 Å². The summed E-state index contributed by atoms with van der Waals surface area (Å²) < 4.78 is 0. The van der Waals surface area contributed by atoms with E-state index in [4.69, 9.17) is 0 Å². The molecule has 10 unspecified atom stereocenters. The van der Waals surface area contributed by atoms with Crippen LogP contribution < -0.4 is 0 Å². The number of rotatable bonds is 8. The molecule has 4 aliphatic rings. The zero-order valence-corrected chi connectivity index (χ0v) is 19.3. The minimum Gasteiger partial charge on any atom is -0.299 e. The van der Waals surface area contributed by atoms with Gasteiger partial charge in [0.1, 0.15) is 5.78 Å². The van der Waals surface area contributed by atoms with Crippen molar-refractivity contribution in [3.05, 3.63) is 12.2 Å². The van der Waals surface area contributed by atoms with Crippen LogP contribution in [-0.2, 0) is 4.79 Å². The third-order valence-electron chi connectivity index (χ3n) is 10.2. The maximum absolute atomic E-state index is 13.1. The Morgan fingerprint density at radius 1 is 0.857 bits per heavy atom. The van der Waals surface area contributed by atoms with Gasteiger partial charge < -0.3 is 0 Å². The summed E-state index contributed by atoms with van der Waals surface area (Å²) in [5, 5.41) is 0. The number of carbonyl (C=O) groups is 1. The van der Waals surface area contributed by atoms with Gasteiger partial charge in [-0.2, -0.15) is 0 Å². The predicted molar refractivity (Wildman–Crippen MR) is 118 cm³/mol. The Hall–Kier alpha value is -0.590. The predicted octanol–water partition coefficient (Wildman–Crippen LogP) is 7.16. The lowest BCUT2D eigenvalue weighted by Gasteiger charge is -2.63. The van der Waals surface area contributed by atoms with Crippen molar-refractivity contribution >= 4 is 5.78 Å². The van der Waals surface area contributed by atoms with Gasteiger partial charge in [0.25, 0.3) is 0 Å². The number of Topliss-reactive ketones (excluding diaryl/α,β-unsaturated/α-hetero) is 1. The first-order chi connectivity index (χ1) is 13.1. The van der Waals surface area contributed by atoms with Gasteiger partial charge in [-0.05, 0) is 97.2 Å². The Labute approximate surface area is 174 Å². The van der Waals surface area contributed by atoms with Gasteiger partial charge in [-0.1, -0.05) is 53.7 Å². The molecule has 158 valence electrons. The van der Waals surface area contributed by atoms with E-state index in [1.165, 1.54) is 31.3 Å². The molecular weight excluding hydrogens is 340 g/mol. The first-order valence-corrected chi connectivity index (χ1v) is 12.3. The van der Waals surface area contributed by atoms with Crippen molar-refractivity contribution in [1.82, 2.24) is 0 Å². The molecule has 0 radical (unpaired) electrons. The van der Waals surface area contributed by atoms with E-state index in [-0.39, 0.29) is 5.41 Å². The van der Waals surface area contributed by atoms with Gasteiger partial charge in [-0.15, -0.1) is 0 Å². The molecule has 0 amide bonds. The zero-order chi connectivity index (χ0) is 20.4. The van der Waals surface area contributed by atoms with E-state index in [9.17, 15) is 4.79 Å². The van der Waals surface area contributed by atoms with Gasteiger partial charge in [0.15, 0.2) is 0 Å². The Bertz CT molecular complexity index is 630. The summed E-state index contributed by atoms with van der Waals surface area (Å²) in [4.78, 5) is 13.1. The molecule has 0 aromatic heterocycles. The van der Waals surface area contributed by atoms with E-state index >= 15 is 0 Å².